The van der Waals surface area contributed by atoms with Crippen molar-refractivity contribution in [3.63, 3.8) is 0 Å². The summed E-state index contributed by atoms with van der Waals surface area (Å²) in [6, 6.07) is 63.4. The first-order valence-corrected chi connectivity index (χ1v) is 17.9. The minimum absolute atomic E-state index is 0.117. The maximum Gasteiger partial charge on any atom is 0.0540 e. The molecule has 7 aromatic carbocycles. The zero-order valence-corrected chi connectivity index (χ0v) is 30.3. The summed E-state index contributed by atoms with van der Waals surface area (Å²) in [7, 11) is 0. The first-order valence-electron chi connectivity index (χ1n) is 17.9. The zero-order chi connectivity index (χ0) is 35.4. The number of para-hydroxylation sites is 1. The summed E-state index contributed by atoms with van der Waals surface area (Å²) < 4.78 is 0. The van der Waals surface area contributed by atoms with Gasteiger partial charge in [0.2, 0.25) is 0 Å². The minimum Gasteiger partial charge on any atom is -0.311 e. The van der Waals surface area contributed by atoms with E-state index < -0.39 is 0 Å². The second kappa shape index (κ2) is 14.5. The van der Waals surface area contributed by atoms with Crippen LogP contribution < -0.4 is 9.80 Å². The predicted molar refractivity (Wildman–Crippen MR) is 220 cm³/mol. The van der Waals surface area contributed by atoms with Gasteiger partial charge in [0.25, 0.3) is 0 Å². The number of hydrogen-bond acceptors (Lipinski definition) is 2. The first kappa shape index (κ1) is 33.6. The molecule has 0 spiro atoms. The molecule has 252 valence electrons. The number of anilines is 6. The predicted octanol–water partition coefficient (Wildman–Crippen LogP) is 14.5. The van der Waals surface area contributed by atoms with E-state index in [1.165, 1.54) is 33.0 Å². The largest absolute Gasteiger partial charge is 0.311 e. The first-order chi connectivity index (χ1) is 24.8. The molecule has 0 saturated carbocycles. The van der Waals surface area contributed by atoms with Gasteiger partial charge in [-0.15, -0.1) is 0 Å². The van der Waals surface area contributed by atoms with Crippen LogP contribution in [0.4, 0.5) is 34.1 Å². The summed E-state index contributed by atoms with van der Waals surface area (Å²) in [5, 5.41) is 2.43. The molecular formula is C49H46N2. The van der Waals surface area contributed by atoms with E-state index in [9.17, 15) is 0 Å². The molecule has 2 heteroatoms. The van der Waals surface area contributed by atoms with E-state index in [1.807, 2.05) is 0 Å². The molecule has 1 unspecified atom stereocenters. The van der Waals surface area contributed by atoms with E-state index in [0.29, 0.717) is 5.92 Å². The second-order valence-corrected chi connectivity index (χ2v) is 14.6. The fourth-order valence-corrected chi connectivity index (χ4v) is 7.05. The van der Waals surface area contributed by atoms with Crippen molar-refractivity contribution in [1.29, 1.82) is 0 Å². The Balaban J connectivity index is 1.30. The Labute approximate surface area is 304 Å². The molecule has 0 amide bonds. The van der Waals surface area contributed by atoms with Crippen molar-refractivity contribution in [2.24, 2.45) is 5.41 Å². The third kappa shape index (κ3) is 7.37. The van der Waals surface area contributed by atoms with Crippen molar-refractivity contribution in [1.82, 2.24) is 0 Å². The van der Waals surface area contributed by atoms with E-state index in [2.05, 4.69) is 226 Å². The van der Waals surface area contributed by atoms with Gasteiger partial charge in [0, 0.05) is 39.7 Å². The van der Waals surface area contributed by atoms with Gasteiger partial charge in [-0.3, -0.25) is 0 Å². The van der Waals surface area contributed by atoms with Crippen molar-refractivity contribution in [2.45, 2.75) is 40.5 Å². The lowest BCUT2D eigenvalue weighted by Gasteiger charge is -2.31. The lowest BCUT2D eigenvalue weighted by molar-refractivity contribution is 0.365. The Morgan fingerprint density at radius 1 is 0.451 bits per heavy atom. The van der Waals surface area contributed by atoms with Crippen molar-refractivity contribution in [3.8, 4) is 11.1 Å². The summed E-state index contributed by atoms with van der Waals surface area (Å²) in [6.45, 7) is 11.3. The summed E-state index contributed by atoms with van der Waals surface area (Å²) >= 11 is 0. The Hall–Kier alpha value is -5.86. The summed E-state index contributed by atoms with van der Waals surface area (Å²) in [5.74, 6) is 0.336. The highest BCUT2D eigenvalue weighted by atomic mass is 15.2. The highest BCUT2D eigenvalue weighted by Gasteiger charge is 2.25. The third-order valence-corrected chi connectivity index (χ3v) is 9.56. The van der Waals surface area contributed by atoms with Crippen LogP contribution in [-0.2, 0) is 0 Å². The van der Waals surface area contributed by atoms with Crippen LogP contribution >= 0.6 is 0 Å². The molecule has 51 heavy (non-hydrogen) atoms. The van der Waals surface area contributed by atoms with Gasteiger partial charge in [0.1, 0.15) is 0 Å². The van der Waals surface area contributed by atoms with E-state index in [4.69, 9.17) is 0 Å². The van der Waals surface area contributed by atoms with Gasteiger partial charge < -0.3 is 9.80 Å². The third-order valence-electron chi connectivity index (χ3n) is 9.56. The van der Waals surface area contributed by atoms with Crippen molar-refractivity contribution < 1.29 is 0 Å². The van der Waals surface area contributed by atoms with Gasteiger partial charge in [-0.1, -0.05) is 142 Å². The molecule has 0 aliphatic heterocycles. The quantitative estimate of drug-likeness (QED) is 0.142. The number of benzene rings is 7. The molecule has 7 aromatic rings. The van der Waals surface area contributed by atoms with Crippen molar-refractivity contribution in [2.75, 3.05) is 9.80 Å². The SMILES string of the molecule is CC(C)=CC(c1ccc(N(c2ccccc2)c2ccc(N(c3ccc(-c4ccccc4)cc3)c3cccc4ccccc34)cc2)cc1)C(C)(C)C. The second-order valence-electron chi connectivity index (χ2n) is 14.6. The lowest BCUT2D eigenvalue weighted by atomic mass is 9.75. The molecular weight excluding hydrogens is 617 g/mol. The summed E-state index contributed by atoms with van der Waals surface area (Å²) in [6.07, 6.45) is 2.40. The number of nitrogens with zero attached hydrogens (tertiary/aromatic N) is 2. The van der Waals surface area contributed by atoms with Crippen LogP contribution in [0.25, 0.3) is 21.9 Å². The minimum atomic E-state index is 0.117. The fourth-order valence-electron chi connectivity index (χ4n) is 7.05. The molecule has 2 nitrogen and oxygen atoms in total. The average Bonchev–Trinajstić information content (AvgIpc) is 3.16. The molecule has 0 fully saturated rings. The van der Waals surface area contributed by atoms with Crippen molar-refractivity contribution >= 4 is 44.9 Å². The average molecular weight is 663 g/mol. The van der Waals surface area contributed by atoms with E-state index in [1.54, 1.807) is 0 Å². The monoisotopic (exact) mass is 662 g/mol. The van der Waals surface area contributed by atoms with Crippen LogP contribution in [-0.4, -0.2) is 0 Å². The number of rotatable bonds is 9. The Morgan fingerprint density at radius 3 is 1.49 bits per heavy atom. The molecule has 0 aliphatic rings. The molecule has 0 aliphatic carbocycles. The number of hydrogen-bond donors (Lipinski definition) is 0. The van der Waals surface area contributed by atoms with Gasteiger partial charge in [-0.2, -0.15) is 0 Å². The highest BCUT2D eigenvalue weighted by molar-refractivity contribution is 5.99. The van der Waals surface area contributed by atoms with Crippen LogP contribution in [0, 0.1) is 5.41 Å². The van der Waals surface area contributed by atoms with Crippen molar-refractivity contribution in [3.05, 3.63) is 193 Å². The van der Waals surface area contributed by atoms with E-state index in [0.717, 1.165) is 34.1 Å². The topological polar surface area (TPSA) is 6.48 Å². The van der Waals surface area contributed by atoms with Crippen LogP contribution in [0.2, 0.25) is 0 Å². The van der Waals surface area contributed by atoms with Gasteiger partial charge >= 0.3 is 0 Å². The number of fused-ring (bicyclic) bond motifs is 1. The molecule has 0 bridgehead atoms. The van der Waals surface area contributed by atoms with Crippen LogP contribution in [0.15, 0.2) is 188 Å². The fraction of sp³-hybridized carbons (Fsp3) is 0.143. The van der Waals surface area contributed by atoms with Gasteiger partial charge in [-0.05, 0) is 108 Å². The van der Waals surface area contributed by atoms with Crippen LogP contribution in [0.3, 0.4) is 0 Å². The Kier molecular flexibility index (Phi) is 9.59. The molecule has 0 heterocycles. The molecule has 0 aromatic heterocycles. The highest BCUT2D eigenvalue weighted by Crippen LogP contribution is 2.43. The molecule has 7 rings (SSSR count). The van der Waals surface area contributed by atoms with Crippen LogP contribution in [0.1, 0.15) is 46.1 Å². The normalized spacial score (nSPS) is 11.9. The molecule has 0 N–H and O–H groups in total. The summed E-state index contributed by atoms with van der Waals surface area (Å²) in [4.78, 5) is 4.72. The molecule has 0 radical (unpaired) electrons. The maximum absolute atomic E-state index is 2.40. The Morgan fingerprint density at radius 2 is 0.902 bits per heavy atom. The smallest absolute Gasteiger partial charge is 0.0540 e. The summed E-state index contributed by atoms with van der Waals surface area (Å²) in [5.41, 5.74) is 11.9. The maximum atomic E-state index is 2.40. The standard InChI is InChI=1S/C49H46N2/c1-36(2)35-47(49(3,4)5)40-25-29-42(30-26-40)50(41-19-10-7-11-20-41)43-31-33-45(34-32-43)51(48-22-14-18-39-17-12-13-21-46(39)48)44-27-23-38(24-28-44)37-15-8-6-9-16-37/h6-35,47H,1-5H3. The van der Waals surface area contributed by atoms with E-state index in [-0.39, 0.29) is 5.41 Å². The van der Waals surface area contributed by atoms with Gasteiger partial charge in [0.15, 0.2) is 0 Å². The molecule has 1 atom stereocenters. The zero-order valence-electron chi connectivity index (χ0n) is 30.3. The Bertz CT molecular complexity index is 2220. The van der Waals surface area contributed by atoms with Gasteiger partial charge in [0.05, 0.1) is 5.69 Å². The molecule has 0 saturated heterocycles. The van der Waals surface area contributed by atoms with E-state index >= 15 is 0 Å². The van der Waals surface area contributed by atoms with Gasteiger partial charge in [-0.25, -0.2) is 0 Å². The number of allylic oxidation sites excluding steroid dienone is 2. The lowest BCUT2D eigenvalue weighted by Crippen LogP contribution is -2.17. The van der Waals surface area contributed by atoms with Crippen LogP contribution in [0.5, 0.6) is 0 Å².